The maximum absolute atomic E-state index is 12.6. The molecule has 11 heteroatoms. The molecule has 1 heterocycles. The number of hydrogen-bond donors (Lipinski definition) is 1. The predicted molar refractivity (Wildman–Crippen MR) is 131 cm³/mol. The number of anilines is 1. The van der Waals surface area contributed by atoms with Gasteiger partial charge in [0.25, 0.3) is 17.1 Å². The second-order valence-corrected chi connectivity index (χ2v) is 8.66. The van der Waals surface area contributed by atoms with Crippen LogP contribution >= 0.6 is 27.7 Å². The van der Waals surface area contributed by atoms with Crippen molar-refractivity contribution in [1.82, 2.24) is 4.90 Å². The Labute approximate surface area is 208 Å². The van der Waals surface area contributed by atoms with Crippen LogP contribution in [0.5, 0.6) is 11.5 Å². The zero-order valence-corrected chi connectivity index (χ0v) is 20.7. The molecule has 1 N–H and O–H groups in total. The summed E-state index contributed by atoms with van der Waals surface area (Å²) in [6.07, 6.45) is 1.52. The lowest BCUT2D eigenvalue weighted by atomic mass is 10.2. The van der Waals surface area contributed by atoms with Crippen LogP contribution in [0.1, 0.15) is 12.5 Å². The molecule has 9 nitrogen and oxygen atoms in total. The number of benzene rings is 2. The van der Waals surface area contributed by atoms with E-state index in [0.29, 0.717) is 33.8 Å². The summed E-state index contributed by atoms with van der Waals surface area (Å²) in [5, 5.41) is 2.17. The molecule has 3 rings (SSSR count). The number of imide groups is 1. The van der Waals surface area contributed by atoms with Crippen LogP contribution in [-0.2, 0) is 19.1 Å². The number of halogens is 1. The molecule has 1 fully saturated rings. The topological polar surface area (TPSA) is 111 Å². The summed E-state index contributed by atoms with van der Waals surface area (Å²) < 4.78 is 16.4. The van der Waals surface area contributed by atoms with Gasteiger partial charge in [-0.15, -0.1) is 0 Å². The Hall–Kier alpha value is -3.31. The van der Waals surface area contributed by atoms with Gasteiger partial charge < -0.3 is 19.5 Å². The number of nitrogens with zero attached hydrogens (tertiary/aromatic N) is 1. The van der Waals surface area contributed by atoms with Crippen molar-refractivity contribution in [2.24, 2.45) is 0 Å². The molecule has 1 saturated heterocycles. The number of hydrogen-bond acceptors (Lipinski definition) is 8. The fourth-order valence-electron chi connectivity index (χ4n) is 2.91. The highest BCUT2D eigenvalue weighted by Crippen LogP contribution is 2.39. The Balaban J connectivity index is 1.77. The van der Waals surface area contributed by atoms with E-state index < -0.39 is 23.7 Å². The van der Waals surface area contributed by atoms with Crippen LogP contribution in [-0.4, -0.2) is 54.8 Å². The van der Waals surface area contributed by atoms with Crippen LogP contribution in [0.4, 0.5) is 10.5 Å². The van der Waals surface area contributed by atoms with Gasteiger partial charge >= 0.3 is 5.97 Å². The number of thioether (sulfide) groups is 1. The second-order valence-electron chi connectivity index (χ2n) is 6.81. The van der Waals surface area contributed by atoms with Crippen molar-refractivity contribution >= 4 is 62.5 Å². The minimum Gasteiger partial charge on any atom is -0.490 e. The van der Waals surface area contributed by atoms with E-state index in [9.17, 15) is 19.2 Å². The number of esters is 1. The molecule has 0 aromatic heterocycles. The molecule has 0 saturated carbocycles. The van der Waals surface area contributed by atoms with Gasteiger partial charge in [0.15, 0.2) is 18.1 Å². The zero-order chi connectivity index (χ0) is 24.7. The van der Waals surface area contributed by atoms with E-state index in [-0.39, 0.29) is 17.4 Å². The predicted octanol–water partition coefficient (Wildman–Crippen LogP) is 4.07. The molecule has 0 spiro atoms. The average molecular weight is 549 g/mol. The number of amides is 3. The third-order valence-corrected chi connectivity index (χ3v) is 5.92. The SMILES string of the molecule is CCOc1cc(/C=C2\SC(=O)N(CC(=O)OC)C2=O)cc(Br)c1OCC(=O)Nc1ccccc1. The summed E-state index contributed by atoms with van der Waals surface area (Å²) in [6, 6.07) is 12.3. The smallest absolute Gasteiger partial charge is 0.325 e. The van der Waals surface area contributed by atoms with Gasteiger partial charge in [0.2, 0.25) is 0 Å². The fraction of sp³-hybridized carbons (Fsp3) is 0.217. The van der Waals surface area contributed by atoms with Crippen molar-refractivity contribution in [2.75, 3.05) is 32.2 Å². The maximum atomic E-state index is 12.6. The molecule has 0 unspecified atom stereocenters. The molecule has 0 bridgehead atoms. The summed E-state index contributed by atoms with van der Waals surface area (Å²) in [5.74, 6) is -0.954. The summed E-state index contributed by atoms with van der Waals surface area (Å²) in [4.78, 5) is 49.4. The number of para-hydroxylation sites is 1. The normalized spacial score (nSPS) is 14.3. The molecular formula is C23H21BrN2O7S. The van der Waals surface area contributed by atoms with Crippen molar-refractivity contribution < 1.29 is 33.4 Å². The summed E-state index contributed by atoms with van der Waals surface area (Å²) in [7, 11) is 1.18. The van der Waals surface area contributed by atoms with Gasteiger partial charge in [-0.05, 0) is 70.5 Å². The largest absolute Gasteiger partial charge is 0.490 e. The van der Waals surface area contributed by atoms with E-state index in [2.05, 4.69) is 26.0 Å². The minimum absolute atomic E-state index is 0.152. The Bertz CT molecular complexity index is 1140. The van der Waals surface area contributed by atoms with E-state index in [1.54, 1.807) is 31.2 Å². The minimum atomic E-state index is -0.692. The molecule has 0 aliphatic carbocycles. The zero-order valence-electron chi connectivity index (χ0n) is 18.3. The first-order valence-electron chi connectivity index (χ1n) is 10.1. The molecular weight excluding hydrogens is 528 g/mol. The van der Waals surface area contributed by atoms with Crippen LogP contribution in [0, 0.1) is 0 Å². The molecule has 0 atom stereocenters. The monoisotopic (exact) mass is 548 g/mol. The van der Waals surface area contributed by atoms with Gasteiger partial charge in [-0.1, -0.05) is 18.2 Å². The number of carbonyl (C=O) groups excluding carboxylic acids is 4. The van der Waals surface area contributed by atoms with Crippen molar-refractivity contribution in [3.63, 3.8) is 0 Å². The van der Waals surface area contributed by atoms with Crippen LogP contribution in [0.3, 0.4) is 0 Å². The van der Waals surface area contributed by atoms with Crippen LogP contribution in [0.15, 0.2) is 51.8 Å². The maximum Gasteiger partial charge on any atom is 0.325 e. The highest BCUT2D eigenvalue weighted by atomic mass is 79.9. The number of methoxy groups -OCH3 is 1. The van der Waals surface area contributed by atoms with Gasteiger partial charge in [0.05, 0.1) is 23.1 Å². The van der Waals surface area contributed by atoms with Crippen molar-refractivity contribution in [1.29, 1.82) is 0 Å². The quantitative estimate of drug-likeness (QED) is 0.368. The number of rotatable bonds is 9. The van der Waals surface area contributed by atoms with E-state index >= 15 is 0 Å². The van der Waals surface area contributed by atoms with E-state index in [1.807, 2.05) is 18.2 Å². The molecule has 34 heavy (non-hydrogen) atoms. The van der Waals surface area contributed by atoms with Crippen LogP contribution < -0.4 is 14.8 Å². The van der Waals surface area contributed by atoms with Gasteiger partial charge in [0, 0.05) is 5.69 Å². The molecule has 3 amide bonds. The van der Waals surface area contributed by atoms with Gasteiger partial charge in [-0.2, -0.15) is 0 Å². The molecule has 1 aliphatic heterocycles. The van der Waals surface area contributed by atoms with E-state index in [0.717, 1.165) is 16.7 Å². The van der Waals surface area contributed by atoms with Crippen molar-refractivity contribution in [3.05, 3.63) is 57.4 Å². The second kappa shape index (κ2) is 11.7. The van der Waals surface area contributed by atoms with Crippen LogP contribution in [0.2, 0.25) is 0 Å². The highest BCUT2D eigenvalue weighted by Gasteiger charge is 2.36. The molecule has 2 aromatic carbocycles. The Kier molecular flexibility index (Phi) is 8.72. The van der Waals surface area contributed by atoms with Crippen molar-refractivity contribution in [2.45, 2.75) is 6.92 Å². The summed E-state index contributed by atoms with van der Waals surface area (Å²) in [5.41, 5.74) is 1.21. The average Bonchev–Trinajstić information content (AvgIpc) is 3.06. The van der Waals surface area contributed by atoms with E-state index in [1.165, 1.54) is 13.2 Å². The van der Waals surface area contributed by atoms with E-state index in [4.69, 9.17) is 9.47 Å². The third-order valence-electron chi connectivity index (χ3n) is 4.42. The molecule has 1 aliphatic rings. The third kappa shape index (κ3) is 6.39. The van der Waals surface area contributed by atoms with Crippen molar-refractivity contribution in [3.8, 4) is 11.5 Å². The first-order chi connectivity index (χ1) is 16.3. The van der Waals surface area contributed by atoms with Crippen LogP contribution in [0.25, 0.3) is 6.08 Å². The van der Waals surface area contributed by atoms with Gasteiger partial charge in [-0.25, -0.2) is 0 Å². The first kappa shape index (κ1) is 25.3. The Morgan fingerprint density at radius 2 is 1.88 bits per heavy atom. The highest BCUT2D eigenvalue weighted by molar-refractivity contribution is 9.10. The molecule has 0 radical (unpaired) electrons. The number of carbonyl (C=O) groups is 4. The Morgan fingerprint density at radius 3 is 2.56 bits per heavy atom. The lowest BCUT2D eigenvalue weighted by molar-refractivity contribution is -0.143. The standard InChI is InChI=1S/C23H21BrN2O7S/c1-3-32-17-10-14(11-18-22(29)26(23(30)34-18)12-20(28)31-2)9-16(24)21(17)33-13-19(27)25-15-7-5-4-6-8-15/h4-11H,3,12-13H2,1-2H3,(H,25,27)/b18-11-. The fourth-order valence-corrected chi connectivity index (χ4v) is 4.32. The Morgan fingerprint density at radius 1 is 1.15 bits per heavy atom. The molecule has 178 valence electrons. The lowest BCUT2D eigenvalue weighted by Crippen LogP contribution is -2.34. The number of nitrogens with one attached hydrogen (secondary N) is 1. The summed E-state index contributed by atoms with van der Waals surface area (Å²) in [6.45, 7) is 1.42. The first-order valence-corrected chi connectivity index (χ1v) is 11.7. The summed E-state index contributed by atoms with van der Waals surface area (Å²) >= 11 is 4.14. The number of ether oxygens (including phenoxy) is 3. The lowest BCUT2D eigenvalue weighted by Gasteiger charge is -2.15. The molecule has 2 aromatic rings. The van der Waals surface area contributed by atoms with Gasteiger partial charge in [-0.3, -0.25) is 24.1 Å². The van der Waals surface area contributed by atoms with Gasteiger partial charge in [0.1, 0.15) is 6.54 Å².